The molecule has 0 saturated heterocycles. The Balaban J connectivity index is 1.64. The molecule has 6 heteroatoms. The van der Waals surface area contributed by atoms with E-state index in [4.69, 9.17) is 0 Å². The van der Waals surface area contributed by atoms with Crippen LogP contribution in [-0.2, 0) is 0 Å². The summed E-state index contributed by atoms with van der Waals surface area (Å²) in [6.45, 7) is 6.77. The van der Waals surface area contributed by atoms with E-state index in [2.05, 4.69) is 31.1 Å². The number of pyridine rings is 1. The minimum atomic E-state index is -0.131. The molecule has 1 saturated carbocycles. The summed E-state index contributed by atoms with van der Waals surface area (Å²) in [5.41, 5.74) is 0.712. The average Bonchev–Trinajstić information content (AvgIpc) is 2.97. The van der Waals surface area contributed by atoms with Gasteiger partial charge in [-0.15, -0.1) is 11.3 Å². The smallest absolute Gasteiger partial charge is 0.266 e. The molecule has 0 spiro atoms. The topological polar surface area (TPSA) is 63.5 Å². The third kappa shape index (κ3) is 3.14. The first-order valence-electron chi connectivity index (χ1n) is 9.04. The quantitative estimate of drug-likeness (QED) is 0.746. The molecule has 1 amide bonds. The molecule has 1 aliphatic rings. The summed E-state index contributed by atoms with van der Waals surface area (Å²) in [5, 5.41) is 3.68. The van der Waals surface area contributed by atoms with Crippen LogP contribution in [0.25, 0.3) is 15.9 Å². The number of carbonyl (C=O) groups is 1. The molecule has 0 bridgehead atoms. The van der Waals surface area contributed by atoms with Crippen LogP contribution in [0.15, 0.2) is 35.3 Å². The molecule has 0 aromatic carbocycles. The molecule has 3 aromatic rings. The minimum Gasteiger partial charge on any atom is -0.349 e. The van der Waals surface area contributed by atoms with Gasteiger partial charge in [0.25, 0.3) is 11.5 Å². The second-order valence-electron chi connectivity index (χ2n) is 8.26. The zero-order valence-corrected chi connectivity index (χ0v) is 16.1. The molecule has 1 aliphatic carbocycles. The monoisotopic (exact) mass is 369 g/mol. The normalized spacial score (nSPS) is 22.6. The molecular formula is C20H23N3O2S. The van der Waals surface area contributed by atoms with E-state index in [1.165, 1.54) is 22.2 Å². The Morgan fingerprint density at radius 1 is 1.35 bits per heavy atom. The maximum Gasteiger partial charge on any atom is 0.266 e. The highest BCUT2D eigenvalue weighted by Gasteiger charge is 2.33. The predicted octanol–water partition coefficient (Wildman–Crippen LogP) is 3.85. The van der Waals surface area contributed by atoms with Crippen molar-refractivity contribution >= 4 is 33.1 Å². The van der Waals surface area contributed by atoms with Gasteiger partial charge in [0.1, 0.15) is 10.5 Å². The van der Waals surface area contributed by atoms with Gasteiger partial charge in [0, 0.05) is 12.2 Å². The Morgan fingerprint density at radius 3 is 2.92 bits per heavy atom. The fourth-order valence-corrected chi connectivity index (χ4v) is 5.30. The predicted molar refractivity (Wildman–Crippen MR) is 105 cm³/mol. The number of thiophene rings is 1. The van der Waals surface area contributed by atoms with Gasteiger partial charge in [-0.1, -0.05) is 26.8 Å². The van der Waals surface area contributed by atoms with E-state index < -0.39 is 0 Å². The van der Waals surface area contributed by atoms with Crippen molar-refractivity contribution in [3.05, 3.63) is 45.7 Å². The van der Waals surface area contributed by atoms with E-state index in [0.717, 1.165) is 12.8 Å². The summed E-state index contributed by atoms with van der Waals surface area (Å²) in [5.74, 6) is 0.499. The summed E-state index contributed by atoms with van der Waals surface area (Å²) in [4.78, 5) is 31.1. The first kappa shape index (κ1) is 17.2. The second kappa shape index (κ2) is 6.20. The number of rotatable bonds is 2. The maximum atomic E-state index is 12.8. The van der Waals surface area contributed by atoms with Crippen molar-refractivity contribution in [1.82, 2.24) is 14.7 Å². The number of carbonyl (C=O) groups excluding carboxylic acids is 1. The molecular weight excluding hydrogens is 346 g/mol. The van der Waals surface area contributed by atoms with Crippen LogP contribution >= 0.6 is 11.3 Å². The summed E-state index contributed by atoms with van der Waals surface area (Å²) >= 11 is 1.29. The summed E-state index contributed by atoms with van der Waals surface area (Å²) in [6, 6.07) is 7.31. The Kier molecular flexibility index (Phi) is 4.10. The lowest BCUT2D eigenvalue weighted by atomic mass is 9.70. The largest absolute Gasteiger partial charge is 0.349 e. The molecule has 2 atom stereocenters. The third-order valence-corrected chi connectivity index (χ3v) is 6.19. The van der Waals surface area contributed by atoms with Crippen LogP contribution in [0.2, 0.25) is 0 Å². The van der Waals surface area contributed by atoms with Crippen LogP contribution in [-0.4, -0.2) is 21.3 Å². The lowest BCUT2D eigenvalue weighted by molar-refractivity contribution is 0.0878. The van der Waals surface area contributed by atoms with Crippen molar-refractivity contribution in [2.24, 2.45) is 11.3 Å². The zero-order chi connectivity index (χ0) is 18.5. The van der Waals surface area contributed by atoms with Gasteiger partial charge in [0.2, 0.25) is 0 Å². The number of hydrogen-bond acceptors (Lipinski definition) is 4. The van der Waals surface area contributed by atoms with Crippen LogP contribution < -0.4 is 10.9 Å². The van der Waals surface area contributed by atoms with Crippen molar-refractivity contribution in [1.29, 1.82) is 0 Å². The van der Waals surface area contributed by atoms with Crippen molar-refractivity contribution in [2.75, 3.05) is 0 Å². The number of amides is 1. The van der Waals surface area contributed by atoms with E-state index in [1.807, 2.05) is 6.07 Å². The highest BCUT2D eigenvalue weighted by atomic mass is 32.1. The molecule has 3 heterocycles. The number of nitrogens with one attached hydrogen (secondary N) is 1. The third-order valence-electron chi connectivity index (χ3n) is 5.16. The van der Waals surface area contributed by atoms with Gasteiger partial charge in [-0.3, -0.25) is 14.0 Å². The minimum absolute atomic E-state index is 0.101. The summed E-state index contributed by atoms with van der Waals surface area (Å²) in [7, 11) is 0. The molecule has 0 unspecified atom stereocenters. The lowest BCUT2D eigenvalue weighted by Gasteiger charge is -2.39. The molecule has 1 N–H and O–H groups in total. The Hall–Kier alpha value is -2.21. The van der Waals surface area contributed by atoms with Gasteiger partial charge in [0.05, 0.1) is 10.3 Å². The fraction of sp³-hybridized carbons (Fsp3) is 0.450. The highest BCUT2D eigenvalue weighted by Crippen LogP contribution is 2.38. The molecule has 0 aliphatic heterocycles. The molecule has 1 fully saturated rings. The SMILES string of the molecule is C[C@@H]1C[C@H](NC(=O)c2cc3c(=O)n4ccccc4nc3s2)CC(C)(C)C1. The first-order valence-corrected chi connectivity index (χ1v) is 9.86. The van der Waals surface area contributed by atoms with Gasteiger partial charge in [-0.05, 0) is 48.8 Å². The number of aromatic nitrogens is 2. The van der Waals surface area contributed by atoms with Crippen LogP contribution in [0, 0.1) is 11.3 Å². The average molecular weight is 369 g/mol. The van der Waals surface area contributed by atoms with E-state index >= 15 is 0 Å². The zero-order valence-electron chi connectivity index (χ0n) is 15.3. The summed E-state index contributed by atoms with van der Waals surface area (Å²) in [6.07, 6.45) is 4.88. The van der Waals surface area contributed by atoms with Crippen LogP contribution in [0.5, 0.6) is 0 Å². The number of hydrogen-bond donors (Lipinski definition) is 1. The van der Waals surface area contributed by atoms with E-state index in [9.17, 15) is 9.59 Å². The molecule has 0 radical (unpaired) electrons. The van der Waals surface area contributed by atoms with Crippen LogP contribution in [0.4, 0.5) is 0 Å². The van der Waals surface area contributed by atoms with Crippen LogP contribution in [0.3, 0.4) is 0 Å². The standard InChI is InChI=1S/C20H23N3O2S/c1-12-8-13(11-20(2,3)10-12)21-17(24)15-9-14-18(26-15)22-16-6-4-5-7-23(16)19(14)25/h4-7,9,12-13H,8,10-11H2,1-3H3,(H,21,24)/t12-,13+/m1/s1. The Labute approximate surface area is 156 Å². The van der Waals surface area contributed by atoms with Crippen LogP contribution in [0.1, 0.15) is 49.7 Å². The van der Waals surface area contributed by atoms with E-state index in [-0.39, 0.29) is 22.9 Å². The van der Waals surface area contributed by atoms with Gasteiger partial charge in [-0.2, -0.15) is 0 Å². The molecule has 5 nitrogen and oxygen atoms in total. The molecule has 4 rings (SSSR count). The van der Waals surface area contributed by atoms with Gasteiger partial charge >= 0.3 is 0 Å². The summed E-state index contributed by atoms with van der Waals surface area (Å²) < 4.78 is 1.52. The molecule has 26 heavy (non-hydrogen) atoms. The van der Waals surface area contributed by atoms with Crippen molar-refractivity contribution in [2.45, 2.75) is 46.1 Å². The van der Waals surface area contributed by atoms with Gasteiger partial charge in [-0.25, -0.2) is 4.98 Å². The Bertz CT molecular complexity index is 1050. The molecule has 136 valence electrons. The lowest BCUT2D eigenvalue weighted by Crippen LogP contribution is -2.42. The Morgan fingerprint density at radius 2 is 2.15 bits per heavy atom. The maximum absolute atomic E-state index is 12.8. The number of nitrogens with zero attached hydrogens (tertiary/aromatic N) is 2. The second-order valence-corrected chi connectivity index (χ2v) is 9.29. The van der Waals surface area contributed by atoms with Crippen molar-refractivity contribution in [3.63, 3.8) is 0 Å². The van der Waals surface area contributed by atoms with Gasteiger partial charge in [0.15, 0.2) is 0 Å². The van der Waals surface area contributed by atoms with E-state index in [0.29, 0.717) is 26.7 Å². The van der Waals surface area contributed by atoms with E-state index in [1.54, 1.807) is 24.4 Å². The van der Waals surface area contributed by atoms with Crippen molar-refractivity contribution < 1.29 is 4.79 Å². The van der Waals surface area contributed by atoms with Gasteiger partial charge < -0.3 is 5.32 Å². The highest BCUT2D eigenvalue weighted by molar-refractivity contribution is 7.20. The first-order chi connectivity index (χ1) is 12.3. The molecule has 3 aromatic heterocycles. The fourth-order valence-electron chi connectivity index (χ4n) is 4.37. The van der Waals surface area contributed by atoms with Crippen molar-refractivity contribution in [3.8, 4) is 0 Å². The number of fused-ring (bicyclic) bond motifs is 2.